The van der Waals surface area contributed by atoms with E-state index in [1.807, 2.05) is 0 Å². The van der Waals surface area contributed by atoms with Crippen LogP contribution in [0.3, 0.4) is 0 Å². The highest BCUT2D eigenvalue weighted by molar-refractivity contribution is 6.02. The van der Waals surface area contributed by atoms with Gasteiger partial charge in [0.1, 0.15) is 0 Å². The lowest BCUT2D eigenvalue weighted by Crippen LogP contribution is -2.64. The third-order valence-corrected chi connectivity index (χ3v) is 2.43. The number of hydrogen-bond donors (Lipinski definition) is 0. The number of rotatable bonds is 5. The molecule has 6 nitrogen and oxygen atoms in total. The van der Waals surface area contributed by atoms with Crippen LogP contribution in [0.25, 0.3) is 0 Å². The quantitative estimate of drug-likeness (QED) is 0.363. The number of ether oxygens (including phenoxy) is 2. The van der Waals surface area contributed by atoms with Crippen LogP contribution in [0.1, 0.15) is 13.8 Å². The Kier molecular flexibility index (Phi) is 3.87. The molecule has 1 aliphatic heterocycles. The van der Waals surface area contributed by atoms with Gasteiger partial charge >= 0.3 is 11.9 Å². The second kappa shape index (κ2) is 4.96. The minimum absolute atomic E-state index is 0.0359. The van der Waals surface area contributed by atoms with Crippen LogP contribution in [0.2, 0.25) is 0 Å². The number of esters is 2. The van der Waals surface area contributed by atoms with Gasteiger partial charge < -0.3 is 14.4 Å². The van der Waals surface area contributed by atoms with Gasteiger partial charge in [-0.3, -0.25) is 14.4 Å². The highest BCUT2D eigenvalue weighted by Gasteiger charge is 2.57. The molecular formula is C10H15NO5. The molecule has 0 bridgehead atoms. The smallest absolute Gasteiger partial charge is 0.327 e. The predicted octanol–water partition coefficient (Wildman–Crippen LogP) is -0.429. The molecule has 1 heterocycles. The lowest BCUT2D eigenvalue weighted by atomic mass is 9.80. The van der Waals surface area contributed by atoms with Gasteiger partial charge in [-0.25, -0.2) is 0 Å². The van der Waals surface area contributed by atoms with Crippen LogP contribution >= 0.6 is 0 Å². The molecule has 1 saturated heterocycles. The third-order valence-electron chi connectivity index (χ3n) is 2.43. The topological polar surface area (TPSA) is 72.9 Å². The van der Waals surface area contributed by atoms with E-state index in [4.69, 9.17) is 9.47 Å². The van der Waals surface area contributed by atoms with Crippen LogP contribution in [0.15, 0.2) is 0 Å². The number of amides is 1. The van der Waals surface area contributed by atoms with Crippen molar-refractivity contribution in [1.29, 1.82) is 0 Å². The zero-order valence-corrected chi connectivity index (χ0v) is 9.39. The van der Waals surface area contributed by atoms with Gasteiger partial charge in [0.15, 0.2) is 5.41 Å². The van der Waals surface area contributed by atoms with E-state index < -0.39 is 17.4 Å². The Balaban J connectivity index is 2.75. The van der Waals surface area contributed by atoms with E-state index in [0.717, 1.165) is 0 Å². The van der Waals surface area contributed by atoms with Gasteiger partial charge in [-0.1, -0.05) is 0 Å². The Hall–Kier alpha value is -1.59. The number of nitrogens with zero attached hydrogens (tertiary/aromatic N) is 1. The fraction of sp³-hybridized carbons (Fsp3) is 0.700. The molecule has 0 aromatic carbocycles. The summed E-state index contributed by atoms with van der Waals surface area (Å²) >= 11 is 0. The zero-order valence-electron chi connectivity index (χ0n) is 9.39. The van der Waals surface area contributed by atoms with E-state index >= 15 is 0 Å². The van der Waals surface area contributed by atoms with Crippen molar-refractivity contribution in [3.05, 3.63) is 0 Å². The Bertz CT molecular complexity index is 276. The van der Waals surface area contributed by atoms with Gasteiger partial charge in [0.25, 0.3) is 0 Å². The molecule has 0 atom stereocenters. The number of carbonyl (C=O) groups excluding carboxylic acids is 3. The maximum Gasteiger partial charge on any atom is 0.327 e. The van der Waals surface area contributed by atoms with Crippen molar-refractivity contribution in [2.75, 3.05) is 26.3 Å². The maximum absolute atomic E-state index is 11.7. The molecule has 0 N–H and O–H groups in total. The van der Waals surface area contributed by atoms with Crippen molar-refractivity contribution >= 4 is 18.3 Å². The van der Waals surface area contributed by atoms with Gasteiger partial charge in [-0.05, 0) is 13.8 Å². The van der Waals surface area contributed by atoms with Crippen LogP contribution in [0.5, 0.6) is 0 Å². The molecule has 1 fully saturated rings. The molecule has 6 heteroatoms. The van der Waals surface area contributed by atoms with Gasteiger partial charge in [-0.15, -0.1) is 0 Å². The second-order valence-electron chi connectivity index (χ2n) is 3.53. The molecule has 1 amide bonds. The van der Waals surface area contributed by atoms with E-state index in [-0.39, 0.29) is 26.3 Å². The van der Waals surface area contributed by atoms with Crippen molar-refractivity contribution < 1.29 is 23.9 Å². The van der Waals surface area contributed by atoms with Crippen LogP contribution in [-0.4, -0.2) is 49.6 Å². The molecule has 16 heavy (non-hydrogen) atoms. The van der Waals surface area contributed by atoms with Crippen molar-refractivity contribution in [2.45, 2.75) is 13.8 Å². The normalized spacial score (nSPS) is 17.2. The lowest BCUT2D eigenvalue weighted by molar-refractivity contribution is -0.185. The minimum atomic E-state index is -1.31. The Morgan fingerprint density at radius 3 is 1.94 bits per heavy atom. The van der Waals surface area contributed by atoms with Gasteiger partial charge in [-0.2, -0.15) is 0 Å². The lowest BCUT2D eigenvalue weighted by Gasteiger charge is -2.43. The Morgan fingerprint density at radius 2 is 1.62 bits per heavy atom. The molecule has 0 unspecified atom stereocenters. The van der Waals surface area contributed by atoms with Crippen molar-refractivity contribution in [2.24, 2.45) is 5.41 Å². The first-order chi connectivity index (χ1) is 7.60. The third kappa shape index (κ3) is 2.00. The summed E-state index contributed by atoms with van der Waals surface area (Å²) in [5, 5.41) is 0. The first-order valence-corrected chi connectivity index (χ1v) is 5.14. The molecule has 1 rings (SSSR count). The molecule has 0 aromatic rings. The average molecular weight is 229 g/mol. The highest BCUT2D eigenvalue weighted by atomic mass is 16.6. The van der Waals surface area contributed by atoms with Crippen LogP contribution < -0.4 is 0 Å². The fourth-order valence-electron chi connectivity index (χ4n) is 1.60. The summed E-state index contributed by atoms with van der Waals surface area (Å²) in [7, 11) is 0. The second-order valence-corrected chi connectivity index (χ2v) is 3.53. The van der Waals surface area contributed by atoms with Crippen LogP contribution in [0, 0.1) is 5.41 Å². The van der Waals surface area contributed by atoms with Crippen molar-refractivity contribution in [3.63, 3.8) is 0 Å². The molecule has 90 valence electrons. The molecule has 0 spiro atoms. The summed E-state index contributed by atoms with van der Waals surface area (Å²) in [5.74, 6) is -1.24. The molecule has 0 radical (unpaired) electrons. The minimum Gasteiger partial charge on any atom is -0.465 e. The summed E-state index contributed by atoms with van der Waals surface area (Å²) < 4.78 is 9.65. The van der Waals surface area contributed by atoms with Crippen molar-refractivity contribution in [1.82, 2.24) is 4.90 Å². The van der Waals surface area contributed by atoms with Crippen molar-refractivity contribution in [3.8, 4) is 0 Å². The SMILES string of the molecule is CCOC(=O)C1(C(=O)OCC)CN(C=O)C1. The maximum atomic E-state index is 11.7. The van der Waals surface area contributed by atoms with Gasteiger partial charge in [0, 0.05) is 13.1 Å². The van der Waals surface area contributed by atoms with Crippen LogP contribution in [-0.2, 0) is 23.9 Å². The summed E-state index contributed by atoms with van der Waals surface area (Å²) in [4.78, 5) is 35.1. The van der Waals surface area contributed by atoms with Crippen LogP contribution in [0.4, 0.5) is 0 Å². The van der Waals surface area contributed by atoms with Gasteiger partial charge in [0.2, 0.25) is 6.41 Å². The van der Waals surface area contributed by atoms with E-state index in [1.54, 1.807) is 13.8 Å². The first kappa shape index (κ1) is 12.5. The fourth-order valence-corrected chi connectivity index (χ4v) is 1.60. The first-order valence-electron chi connectivity index (χ1n) is 5.14. The molecule has 1 aliphatic rings. The Labute approximate surface area is 93.5 Å². The standard InChI is InChI=1S/C10H15NO5/c1-3-15-8(13)10(9(14)16-4-2)5-11(6-10)7-12/h7H,3-6H2,1-2H3. The van der Waals surface area contributed by atoms with Gasteiger partial charge in [0.05, 0.1) is 13.2 Å². The summed E-state index contributed by atoms with van der Waals surface area (Å²) in [6, 6.07) is 0. The number of carbonyl (C=O) groups is 3. The summed E-state index contributed by atoms with van der Waals surface area (Å²) in [6.07, 6.45) is 0.594. The van der Waals surface area contributed by atoms with E-state index in [9.17, 15) is 14.4 Å². The summed E-state index contributed by atoms with van der Waals surface area (Å²) in [6.45, 7) is 3.78. The molecule has 0 aromatic heterocycles. The van der Waals surface area contributed by atoms with E-state index in [1.165, 1.54) is 4.90 Å². The summed E-state index contributed by atoms with van der Waals surface area (Å²) in [5.41, 5.74) is -1.31. The predicted molar refractivity (Wildman–Crippen MR) is 53.3 cm³/mol. The molecule has 0 saturated carbocycles. The Morgan fingerprint density at radius 1 is 1.19 bits per heavy atom. The molecule has 0 aliphatic carbocycles. The van der Waals surface area contributed by atoms with E-state index in [2.05, 4.69) is 0 Å². The highest BCUT2D eigenvalue weighted by Crippen LogP contribution is 2.32. The zero-order chi connectivity index (χ0) is 12.2. The monoisotopic (exact) mass is 229 g/mol. The van der Waals surface area contributed by atoms with E-state index in [0.29, 0.717) is 6.41 Å². The number of likely N-dealkylation sites (tertiary alicyclic amines) is 1. The molecular weight excluding hydrogens is 214 g/mol. The number of hydrogen-bond acceptors (Lipinski definition) is 5. The average Bonchev–Trinajstić information content (AvgIpc) is 2.17. The largest absolute Gasteiger partial charge is 0.465 e.